The number of pyridine rings is 1. The van der Waals surface area contributed by atoms with E-state index < -0.39 is 17.8 Å². The van der Waals surface area contributed by atoms with Gasteiger partial charge < -0.3 is 15.1 Å². The largest absolute Gasteiger partial charge is 0.353 e. The summed E-state index contributed by atoms with van der Waals surface area (Å²) in [5.41, 5.74) is 1.61. The summed E-state index contributed by atoms with van der Waals surface area (Å²) in [6.45, 7) is 4.05. The number of carbonyl (C=O) groups excluding carboxylic acids is 2. The van der Waals surface area contributed by atoms with Crippen LogP contribution in [0.5, 0.6) is 0 Å². The molecule has 1 saturated heterocycles. The number of halogens is 1. The van der Waals surface area contributed by atoms with E-state index in [9.17, 15) is 14.0 Å². The molecule has 2 heterocycles. The van der Waals surface area contributed by atoms with Crippen molar-refractivity contribution in [2.45, 2.75) is 19.4 Å². The Hall–Kier alpha value is -3.74. The van der Waals surface area contributed by atoms with E-state index in [0.29, 0.717) is 38.2 Å². The van der Waals surface area contributed by atoms with E-state index in [4.69, 9.17) is 0 Å². The maximum atomic E-state index is 14.0. The monoisotopic (exact) mass is 446 g/mol. The van der Waals surface area contributed by atoms with Crippen molar-refractivity contribution in [1.82, 2.24) is 15.2 Å². The van der Waals surface area contributed by atoms with E-state index in [0.717, 1.165) is 11.4 Å². The van der Waals surface area contributed by atoms with Crippen LogP contribution in [0, 0.1) is 12.7 Å². The number of rotatable bonds is 6. The zero-order chi connectivity index (χ0) is 23.2. The van der Waals surface area contributed by atoms with Gasteiger partial charge in [-0.3, -0.25) is 9.59 Å². The fourth-order valence-electron chi connectivity index (χ4n) is 3.94. The van der Waals surface area contributed by atoms with E-state index >= 15 is 0 Å². The Morgan fingerprint density at radius 2 is 1.73 bits per heavy atom. The molecular weight excluding hydrogens is 419 g/mol. The fourth-order valence-corrected chi connectivity index (χ4v) is 3.94. The van der Waals surface area contributed by atoms with Gasteiger partial charge in [-0.1, -0.05) is 42.5 Å². The van der Waals surface area contributed by atoms with Crippen LogP contribution in [-0.4, -0.2) is 53.9 Å². The molecule has 3 aromatic rings. The Bertz CT molecular complexity index is 1100. The third-order valence-corrected chi connectivity index (χ3v) is 5.88. The van der Waals surface area contributed by atoms with Gasteiger partial charge in [0, 0.05) is 44.4 Å². The summed E-state index contributed by atoms with van der Waals surface area (Å²) in [7, 11) is 0. The van der Waals surface area contributed by atoms with Gasteiger partial charge in [-0.05, 0) is 42.3 Å². The van der Waals surface area contributed by atoms with Crippen molar-refractivity contribution in [3.05, 3.63) is 95.4 Å². The Kier molecular flexibility index (Phi) is 6.98. The lowest BCUT2D eigenvalue weighted by molar-refractivity contribution is -0.133. The van der Waals surface area contributed by atoms with E-state index in [1.165, 1.54) is 6.07 Å². The molecule has 0 radical (unpaired) electrons. The van der Waals surface area contributed by atoms with Crippen molar-refractivity contribution >= 4 is 17.6 Å². The van der Waals surface area contributed by atoms with E-state index in [1.54, 1.807) is 30.2 Å². The van der Waals surface area contributed by atoms with Crippen LogP contribution < -0.4 is 10.2 Å². The van der Waals surface area contributed by atoms with Gasteiger partial charge in [0.1, 0.15) is 17.7 Å². The van der Waals surface area contributed by atoms with Crippen molar-refractivity contribution in [2.75, 3.05) is 31.1 Å². The molecule has 1 N–H and O–H groups in total. The van der Waals surface area contributed by atoms with Gasteiger partial charge in [-0.2, -0.15) is 0 Å². The molecule has 1 fully saturated rings. The van der Waals surface area contributed by atoms with Gasteiger partial charge in [0.25, 0.3) is 5.91 Å². The summed E-state index contributed by atoms with van der Waals surface area (Å²) in [5.74, 6) is -0.157. The van der Waals surface area contributed by atoms with Gasteiger partial charge >= 0.3 is 0 Å². The van der Waals surface area contributed by atoms with E-state index in [-0.39, 0.29) is 11.5 Å². The molecular formula is C26H27FN4O2. The number of hydrogen-bond donors (Lipinski definition) is 1. The third kappa shape index (κ3) is 5.55. The summed E-state index contributed by atoms with van der Waals surface area (Å²) in [6.07, 6.45) is 2.12. The quantitative estimate of drug-likeness (QED) is 0.632. The molecule has 2 aromatic carbocycles. The Morgan fingerprint density at radius 1 is 1.00 bits per heavy atom. The topological polar surface area (TPSA) is 65.5 Å². The van der Waals surface area contributed by atoms with Crippen molar-refractivity contribution < 1.29 is 14.0 Å². The lowest BCUT2D eigenvalue weighted by Gasteiger charge is -2.37. The van der Waals surface area contributed by atoms with Gasteiger partial charge in [-0.15, -0.1) is 0 Å². The molecule has 1 unspecified atom stereocenters. The maximum Gasteiger partial charge on any atom is 0.252 e. The first kappa shape index (κ1) is 22.5. The predicted molar refractivity (Wildman–Crippen MR) is 126 cm³/mol. The molecule has 0 aliphatic carbocycles. The standard InChI is InChI=1S/C26H27FN4O2/c1-19-10-11-21(18-22(19)27)25(32)29-23(17-20-7-3-2-4-8-20)26(33)31-15-13-30(14-16-31)24-9-5-6-12-28-24/h2-12,18,23H,13-17H2,1H3,(H,29,32). The second-order valence-electron chi connectivity index (χ2n) is 8.18. The number of carbonyl (C=O) groups is 2. The molecule has 0 saturated carbocycles. The minimum Gasteiger partial charge on any atom is -0.353 e. The lowest BCUT2D eigenvalue weighted by Crippen LogP contribution is -2.55. The zero-order valence-electron chi connectivity index (χ0n) is 18.6. The molecule has 0 spiro atoms. The van der Waals surface area contributed by atoms with Gasteiger partial charge in [0.2, 0.25) is 5.91 Å². The summed E-state index contributed by atoms with van der Waals surface area (Å²) in [5, 5.41) is 2.85. The third-order valence-electron chi connectivity index (χ3n) is 5.88. The van der Waals surface area contributed by atoms with E-state index in [1.807, 2.05) is 48.5 Å². The number of benzene rings is 2. The molecule has 1 aliphatic rings. The minimum absolute atomic E-state index is 0.138. The fraction of sp³-hybridized carbons (Fsp3) is 0.269. The normalized spacial score (nSPS) is 14.6. The number of aromatic nitrogens is 1. The molecule has 6 nitrogen and oxygen atoms in total. The first-order valence-corrected chi connectivity index (χ1v) is 11.1. The van der Waals surface area contributed by atoms with Crippen LogP contribution in [0.2, 0.25) is 0 Å². The highest BCUT2D eigenvalue weighted by Gasteiger charge is 2.29. The molecule has 33 heavy (non-hydrogen) atoms. The molecule has 0 bridgehead atoms. The summed E-state index contributed by atoms with van der Waals surface area (Å²) >= 11 is 0. The van der Waals surface area contributed by atoms with E-state index in [2.05, 4.69) is 15.2 Å². The second-order valence-corrected chi connectivity index (χ2v) is 8.18. The number of aryl methyl sites for hydroxylation is 1. The number of nitrogens with zero attached hydrogens (tertiary/aromatic N) is 3. The van der Waals surface area contributed by atoms with Gasteiger partial charge in [0.15, 0.2) is 0 Å². The van der Waals surface area contributed by atoms with Crippen LogP contribution in [0.25, 0.3) is 0 Å². The molecule has 1 aromatic heterocycles. The van der Waals surface area contributed by atoms with Crippen LogP contribution in [-0.2, 0) is 11.2 Å². The predicted octanol–water partition coefficient (Wildman–Crippen LogP) is 3.22. The molecule has 170 valence electrons. The summed E-state index contributed by atoms with van der Waals surface area (Å²) in [6, 6.07) is 18.9. The number of amides is 2. The van der Waals surface area contributed by atoms with Crippen molar-refractivity contribution in [2.24, 2.45) is 0 Å². The average Bonchev–Trinajstić information content (AvgIpc) is 2.86. The SMILES string of the molecule is Cc1ccc(C(=O)NC(Cc2ccccc2)C(=O)N2CCN(c3ccccn3)CC2)cc1F. The molecule has 1 atom stereocenters. The first-order valence-electron chi connectivity index (χ1n) is 11.1. The number of anilines is 1. The Labute approximate surface area is 193 Å². The molecule has 2 amide bonds. The zero-order valence-corrected chi connectivity index (χ0v) is 18.6. The summed E-state index contributed by atoms with van der Waals surface area (Å²) in [4.78, 5) is 34.6. The lowest BCUT2D eigenvalue weighted by atomic mass is 10.0. The van der Waals surface area contributed by atoms with Crippen LogP contribution in [0.15, 0.2) is 72.9 Å². The van der Waals surface area contributed by atoms with Crippen molar-refractivity contribution in [3.63, 3.8) is 0 Å². The molecule has 7 heteroatoms. The van der Waals surface area contributed by atoms with Crippen LogP contribution in [0.1, 0.15) is 21.5 Å². The van der Waals surface area contributed by atoms with Gasteiger partial charge in [0.05, 0.1) is 0 Å². The molecule has 4 rings (SSSR count). The summed E-state index contributed by atoms with van der Waals surface area (Å²) < 4.78 is 14.0. The first-order chi connectivity index (χ1) is 16.0. The number of hydrogen-bond acceptors (Lipinski definition) is 4. The minimum atomic E-state index is -0.745. The number of nitrogens with one attached hydrogen (secondary N) is 1. The highest BCUT2D eigenvalue weighted by atomic mass is 19.1. The highest BCUT2D eigenvalue weighted by molar-refractivity contribution is 5.97. The number of piperazine rings is 1. The van der Waals surface area contributed by atoms with Gasteiger partial charge in [-0.25, -0.2) is 9.37 Å². The Morgan fingerprint density at radius 3 is 2.39 bits per heavy atom. The maximum absolute atomic E-state index is 14.0. The smallest absolute Gasteiger partial charge is 0.252 e. The van der Waals surface area contributed by atoms with Crippen LogP contribution >= 0.6 is 0 Å². The van der Waals surface area contributed by atoms with Crippen LogP contribution in [0.4, 0.5) is 10.2 Å². The van der Waals surface area contributed by atoms with Crippen LogP contribution in [0.3, 0.4) is 0 Å². The second kappa shape index (κ2) is 10.3. The average molecular weight is 447 g/mol. The Balaban J connectivity index is 1.47. The van der Waals surface area contributed by atoms with Crippen molar-refractivity contribution in [1.29, 1.82) is 0 Å². The molecule has 1 aliphatic heterocycles. The van der Waals surface area contributed by atoms with Crippen molar-refractivity contribution in [3.8, 4) is 0 Å². The highest BCUT2D eigenvalue weighted by Crippen LogP contribution is 2.15.